The number of hydrogen-bond acceptors (Lipinski definition) is 5. The van der Waals surface area contributed by atoms with Gasteiger partial charge in [-0.2, -0.15) is 5.26 Å². The number of nitrogens with zero attached hydrogens (tertiary/aromatic N) is 1. The first-order chi connectivity index (χ1) is 12.9. The molecule has 27 heavy (non-hydrogen) atoms. The fourth-order valence-electron chi connectivity index (χ4n) is 2.08. The van der Waals surface area contributed by atoms with Crippen LogP contribution in [0.3, 0.4) is 0 Å². The molecule has 0 fully saturated rings. The van der Waals surface area contributed by atoms with Crippen molar-refractivity contribution in [3.63, 3.8) is 0 Å². The van der Waals surface area contributed by atoms with Crippen LogP contribution in [0.4, 0.5) is 4.79 Å². The molecule has 2 N–H and O–H groups in total. The van der Waals surface area contributed by atoms with Crippen LogP contribution < -0.4 is 10.6 Å². The van der Waals surface area contributed by atoms with Gasteiger partial charge in [-0.1, -0.05) is 51.5 Å². The van der Waals surface area contributed by atoms with Gasteiger partial charge in [0.25, 0.3) is 5.91 Å². The molecule has 1 aromatic rings. The van der Waals surface area contributed by atoms with Crippen LogP contribution in [0.25, 0.3) is 6.08 Å². The Hall–Kier alpha value is -3.14. The van der Waals surface area contributed by atoms with E-state index < -0.39 is 24.5 Å². The Labute approximate surface area is 159 Å². The summed E-state index contributed by atoms with van der Waals surface area (Å²) in [5, 5.41) is 13.7. The predicted molar refractivity (Wildman–Crippen MR) is 102 cm³/mol. The van der Waals surface area contributed by atoms with Gasteiger partial charge < -0.3 is 10.1 Å². The maximum atomic E-state index is 12.0. The van der Waals surface area contributed by atoms with Gasteiger partial charge in [0.2, 0.25) is 0 Å². The Morgan fingerprint density at radius 2 is 1.89 bits per heavy atom. The summed E-state index contributed by atoms with van der Waals surface area (Å²) in [4.78, 5) is 35.0. The first-order valence-electron chi connectivity index (χ1n) is 8.84. The highest BCUT2D eigenvalue weighted by molar-refractivity contribution is 6.00. The molecule has 3 amide bonds. The number of carbonyl (C=O) groups is 3. The third-order valence-corrected chi connectivity index (χ3v) is 3.66. The van der Waals surface area contributed by atoms with Crippen LogP contribution in [0.1, 0.15) is 50.7 Å². The van der Waals surface area contributed by atoms with Crippen molar-refractivity contribution in [3.8, 4) is 6.07 Å². The number of nitriles is 1. The molecule has 0 bridgehead atoms. The zero-order valence-electron chi connectivity index (χ0n) is 15.9. The van der Waals surface area contributed by atoms with Crippen LogP contribution in [-0.4, -0.2) is 31.1 Å². The molecule has 0 unspecified atom stereocenters. The topological polar surface area (TPSA) is 108 Å². The van der Waals surface area contributed by atoms with Gasteiger partial charge in [0.15, 0.2) is 6.61 Å². The molecule has 1 rings (SSSR count). The molecule has 7 heteroatoms. The van der Waals surface area contributed by atoms with Crippen LogP contribution in [0, 0.1) is 11.3 Å². The van der Waals surface area contributed by atoms with Crippen molar-refractivity contribution in [2.24, 2.45) is 0 Å². The molecule has 0 aliphatic heterocycles. The van der Waals surface area contributed by atoms with Crippen molar-refractivity contribution in [1.29, 1.82) is 5.26 Å². The number of esters is 1. The second kappa shape index (κ2) is 11.5. The summed E-state index contributed by atoms with van der Waals surface area (Å²) in [6, 6.07) is 8.55. The normalized spacial score (nSPS) is 10.9. The first-order valence-corrected chi connectivity index (χ1v) is 8.84. The summed E-state index contributed by atoms with van der Waals surface area (Å²) in [5.41, 5.74) is 1.59. The van der Waals surface area contributed by atoms with Crippen LogP contribution >= 0.6 is 0 Å². The van der Waals surface area contributed by atoms with Gasteiger partial charge in [-0.3, -0.25) is 10.1 Å². The molecule has 7 nitrogen and oxygen atoms in total. The molecule has 0 spiro atoms. The van der Waals surface area contributed by atoms with Crippen LogP contribution in [0.15, 0.2) is 29.8 Å². The maximum Gasteiger partial charge on any atom is 0.349 e. The molecule has 0 aromatic heterocycles. The van der Waals surface area contributed by atoms with Gasteiger partial charge >= 0.3 is 12.0 Å². The van der Waals surface area contributed by atoms with E-state index in [1.54, 1.807) is 18.2 Å². The van der Waals surface area contributed by atoms with Crippen molar-refractivity contribution < 1.29 is 19.1 Å². The maximum absolute atomic E-state index is 12.0. The molecule has 0 aliphatic rings. The molecule has 144 valence electrons. The number of benzene rings is 1. The number of imide groups is 1. The summed E-state index contributed by atoms with van der Waals surface area (Å²) >= 11 is 0. The van der Waals surface area contributed by atoms with Gasteiger partial charge in [-0.05, 0) is 29.5 Å². The second-order valence-electron chi connectivity index (χ2n) is 6.22. The summed E-state index contributed by atoms with van der Waals surface area (Å²) in [6.07, 6.45) is 3.10. The number of hydrogen-bond donors (Lipinski definition) is 2. The molecule has 0 saturated carbocycles. The third kappa shape index (κ3) is 8.19. The number of unbranched alkanes of at least 4 members (excludes halogenated alkanes) is 1. The highest BCUT2D eigenvalue weighted by Gasteiger charge is 2.14. The van der Waals surface area contributed by atoms with Crippen molar-refractivity contribution >= 4 is 24.0 Å². The number of ether oxygens (including phenoxy) is 1. The van der Waals surface area contributed by atoms with Gasteiger partial charge in [-0.15, -0.1) is 0 Å². The number of urea groups is 1. The van der Waals surface area contributed by atoms with Crippen molar-refractivity contribution in [1.82, 2.24) is 10.6 Å². The van der Waals surface area contributed by atoms with E-state index in [4.69, 9.17) is 10.00 Å². The second-order valence-corrected chi connectivity index (χ2v) is 6.22. The van der Waals surface area contributed by atoms with E-state index in [-0.39, 0.29) is 5.57 Å². The van der Waals surface area contributed by atoms with Gasteiger partial charge in [0.05, 0.1) is 0 Å². The van der Waals surface area contributed by atoms with Crippen LogP contribution in [0.2, 0.25) is 0 Å². The minimum Gasteiger partial charge on any atom is -0.451 e. The number of nitrogens with one attached hydrogen (secondary N) is 2. The quantitative estimate of drug-likeness (QED) is 0.316. The third-order valence-electron chi connectivity index (χ3n) is 3.66. The molecule has 0 heterocycles. The smallest absolute Gasteiger partial charge is 0.349 e. The molecular weight excluding hydrogens is 346 g/mol. The molecule has 0 aliphatic carbocycles. The lowest BCUT2D eigenvalue weighted by Crippen LogP contribution is -2.41. The highest BCUT2D eigenvalue weighted by Crippen LogP contribution is 2.16. The minimum absolute atomic E-state index is 0.229. The monoisotopic (exact) mass is 371 g/mol. The van der Waals surface area contributed by atoms with E-state index in [0.29, 0.717) is 18.0 Å². The largest absolute Gasteiger partial charge is 0.451 e. The highest BCUT2D eigenvalue weighted by atomic mass is 16.5. The molecule has 1 aromatic carbocycles. The molecule has 0 radical (unpaired) electrons. The standard InChI is InChI=1S/C20H25N3O4/c1-4-5-10-22-20(26)23-18(24)13-27-19(25)17(12-21)11-15-6-8-16(9-7-15)14(2)3/h6-9,11,14H,4-5,10,13H2,1-3H3,(H2,22,23,24,26)/b17-11+. The molecule has 0 atom stereocenters. The van der Waals surface area contributed by atoms with Crippen LogP contribution in [0.5, 0.6) is 0 Å². The van der Waals surface area contributed by atoms with Crippen molar-refractivity contribution in [3.05, 3.63) is 41.0 Å². The summed E-state index contributed by atoms with van der Waals surface area (Å²) < 4.78 is 4.80. The SMILES string of the molecule is CCCCNC(=O)NC(=O)COC(=O)/C(C#N)=C/c1ccc(C(C)C)cc1. The van der Waals surface area contributed by atoms with E-state index in [0.717, 1.165) is 18.4 Å². The molecule has 0 saturated heterocycles. The lowest BCUT2D eigenvalue weighted by Gasteiger charge is -2.07. The minimum atomic E-state index is -0.924. The summed E-state index contributed by atoms with van der Waals surface area (Å²) in [6.45, 7) is 5.91. The van der Waals surface area contributed by atoms with Gasteiger partial charge in [0.1, 0.15) is 11.6 Å². The van der Waals surface area contributed by atoms with Gasteiger partial charge in [0, 0.05) is 6.54 Å². The van der Waals surface area contributed by atoms with E-state index in [9.17, 15) is 14.4 Å². The fraction of sp³-hybridized carbons (Fsp3) is 0.400. The van der Waals surface area contributed by atoms with E-state index >= 15 is 0 Å². The van der Waals surface area contributed by atoms with E-state index in [2.05, 4.69) is 19.2 Å². The van der Waals surface area contributed by atoms with E-state index in [1.807, 2.05) is 24.4 Å². The Morgan fingerprint density at radius 3 is 2.44 bits per heavy atom. The Balaban J connectivity index is 2.57. The predicted octanol–water partition coefficient (Wildman–Crippen LogP) is 2.89. The summed E-state index contributed by atoms with van der Waals surface area (Å²) in [5.74, 6) is -1.32. The summed E-state index contributed by atoms with van der Waals surface area (Å²) in [7, 11) is 0. The first kappa shape index (κ1) is 21.9. The number of carbonyl (C=O) groups excluding carboxylic acids is 3. The Kier molecular flexibility index (Phi) is 9.30. The average Bonchev–Trinajstić information content (AvgIpc) is 2.64. The lowest BCUT2D eigenvalue weighted by atomic mass is 10.0. The zero-order chi connectivity index (χ0) is 20.2. The Morgan fingerprint density at radius 1 is 1.22 bits per heavy atom. The number of rotatable bonds is 8. The average molecular weight is 371 g/mol. The van der Waals surface area contributed by atoms with Crippen molar-refractivity contribution in [2.75, 3.05) is 13.2 Å². The fourth-order valence-corrected chi connectivity index (χ4v) is 2.08. The van der Waals surface area contributed by atoms with Gasteiger partial charge in [-0.25, -0.2) is 9.59 Å². The lowest BCUT2D eigenvalue weighted by molar-refractivity contribution is -0.144. The molecular formula is C20H25N3O4. The zero-order valence-corrected chi connectivity index (χ0v) is 15.9. The van der Waals surface area contributed by atoms with Crippen molar-refractivity contribution in [2.45, 2.75) is 39.5 Å². The Bertz CT molecular complexity index is 731. The number of amides is 3. The van der Waals surface area contributed by atoms with Crippen LogP contribution in [-0.2, 0) is 14.3 Å². The van der Waals surface area contributed by atoms with E-state index in [1.165, 1.54) is 6.08 Å².